The Morgan fingerprint density at radius 3 is 1.18 bits per heavy atom. The normalized spacial score (nSPS) is 20.4. The van der Waals surface area contributed by atoms with E-state index in [-0.39, 0.29) is 12.5 Å². The molecule has 0 aromatic rings. The lowest BCUT2D eigenvalue weighted by molar-refractivity contribution is -0.302. The third kappa shape index (κ3) is 31.9. The third-order valence-electron chi connectivity index (χ3n) is 13.0. The van der Waals surface area contributed by atoms with Crippen molar-refractivity contribution in [3.63, 3.8) is 0 Å². The van der Waals surface area contributed by atoms with Crippen molar-refractivity contribution >= 4 is 5.91 Å². The summed E-state index contributed by atoms with van der Waals surface area (Å²) >= 11 is 0. The van der Waals surface area contributed by atoms with E-state index in [1.165, 1.54) is 199 Å². The number of aliphatic hydroxyl groups is 5. The average molecular weight is 856 g/mol. The van der Waals surface area contributed by atoms with Crippen molar-refractivity contribution in [3.05, 3.63) is 0 Å². The molecule has 0 aliphatic carbocycles. The summed E-state index contributed by atoms with van der Waals surface area (Å²) in [6.07, 6.45) is 41.3. The molecule has 1 aliphatic heterocycles. The third-order valence-corrected chi connectivity index (χ3v) is 13.0. The molecule has 1 rings (SSSR count). The Kier molecular flexibility index (Phi) is 40.2. The topological polar surface area (TPSA) is 149 Å². The van der Waals surface area contributed by atoms with Gasteiger partial charge in [0.15, 0.2) is 6.29 Å². The van der Waals surface area contributed by atoms with Gasteiger partial charge in [-0.05, 0) is 12.8 Å². The zero-order valence-corrected chi connectivity index (χ0v) is 39.5. The first-order valence-electron chi connectivity index (χ1n) is 26.2. The molecule has 1 saturated heterocycles. The predicted molar refractivity (Wildman–Crippen MR) is 249 cm³/mol. The van der Waals surface area contributed by atoms with Gasteiger partial charge in [0, 0.05) is 6.42 Å². The fourth-order valence-electron chi connectivity index (χ4n) is 8.75. The fraction of sp³-hybridized carbons (Fsp3) is 0.980. The Morgan fingerprint density at radius 2 is 0.833 bits per heavy atom. The predicted octanol–water partition coefficient (Wildman–Crippen LogP) is 11.9. The molecule has 0 aromatic heterocycles. The number of hydrogen-bond donors (Lipinski definition) is 6. The Bertz CT molecular complexity index is 908. The summed E-state index contributed by atoms with van der Waals surface area (Å²) in [5.74, 6) is -0.141. The highest BCUT2D eigenvalue weighted by atomic mass is 16.7. The van der Waals surface area contributed by atoms with Crippen LogP contribution < -0.4 is 5.32 Å². The van der Waals surface area contributed by atoms with Crippen molar-refractivity contribution in [2.75, 3.05) is 13.2 Å². The minimum Gasteiger partial charge on any atom is -0.394 e. The Balaban J connectivity index is 2.17. The molecule has 0 radical (unpaired) electrons. The van der Waals surface area contributed by atoms with E-state index in [1.807, 2.05) is 0 Å². The van der Waals surface area contributed by atoms with E-state index in [0.717, 1.165) is 38.5 Å². The highest BCUT2D eigenvalue weighted by molar-refractivity contribution is 5.76. The maximum atomic E-state index is 13.0. The maximum absolute atomic E-state index is 13.0. The number of carbonyl (C=O) groups is 1. The summed E-state index contributed by atoms with van der Waals surface area (Å²) in [7, 11) is 0. The van der Waals surface area contributed by atoms with Crippen LogP contribution in [0.3, 0.4) is 0 Å². The molecule has 9 nitrogen and oxygen atoms in total. The Hall–Kier alpha value is -0.810. The van der Waals surface area contributed by atoms with Crippen LogP contribution in [0.5, 0.6) is 0 Å². The molecule has 7 atom stereocenters. The van der Waals surface area contributed by atoms with Crippen LogP contribution in [0.1, 0.15) is 264 Å². The summed E-state index contributed by atoms with van der Waals surface area (Å²) in [5.41, 5.74) is 0. The van der Waals surface area contributed by atoms with Crippen LogP contribution >= 0.6 is 0 Å². The van der Waals surface area contributed by atoms with Gasteiger partial charge in [-0.1, -0.05) is 245 Å². The van der Waals surface area contributed by atoms with Gasteiger partial charge in [-0.15, -0.1) is 0 Å². The van der Waals surface area contributed by atoms with Gasteiger partial charge < -0.3 is 40.3 Å². The molecule has 1 heterocycles. The van der Waals surface area contributed by atoms with Crippen LogP contribution in [-0.4, -0.2) is 87.5 Å². The zero-order valence-electron chi connectivity index (χ0n) is 39.5. The molecule has 0 spiro atoms. The van der Waals surface area contributed by atoms with Gasteiger partial charge in [0.25, 0.3) is 0 Å². The number of amides is 1. The van der Waals surface area contributed by atoms with Gasteiger partial charge >= 0.3 is 0 Å². The van der Waals surface area contributed by atoms with Crippen molar-refractivity contribution in [1.82, 2.24) is 5.32 Å². The summed E-state index contributed by atoms with van der Waals surface area (Å²) in [5, 5.41) is 54.4. The molecule has 1 aliphatic rings. The van der Waals surface area contributed by atoms with E-state index in [4.69, 9.17) is 9.47 Å². The second-order valence-corrected chi connectivity index (χ2v) is 18.7. The van der Waals surface area contributed by atoms with E-state index in [0.29, 0.717) is 12.8 Å². The molecular weight excluding hydrogens is 755 g/mol. The van der Waals surface area contributed by atoms with E-state index >= 15 is 0 Å². The molecule has 0 bridgehead atoms. The highest BCUT2D eigenvalue weighted by Crippen LogP contribution is 2.23. The first-order chi connectivity index (χ1) is 29.3. The van der Waals surface area contributed by atoms with Crippen molar-refractivity contribution in [2.24, 2.45) is 0 Å². The number of unbranched alkanes of at least 4 members (excludes halogenated alkanes) is 35. The summed E-state index contributed by atoms with van der Waals surface area (Å²) in [6, 6.07) is -0.711. The van der Waals surface area contributed by atoms with Crippen molar-refractivity contribution in [2.45, 2.75) is 307 Å². The lowest BCUT2D eigenvalue weighted by Crippen LogP contribution is -2.60. The minimum atomic E-state index is -1.55. The van der Waals surface area contributed by atoms with E-state index in [2.05, 4.69) is 19.2 Å². The van der Waals surface area contributed by atoms with Crippen LogP contribution in [0.2, 0.25) is 0 Å². The largest absolute Gasteiger partial charge is 0.394 e. The van der Waals surface area contributed by atoms with Gasteiger partial charge in [-0.3, -0.25) is 4.79 Å². The zero-order chi connectivity index (χ0) is 43.7. The average Bonchev–Trinajstić information content (AvgIpc) is 3.25. The van der Waals surface area contributed by atoms with Gasteiger partial charge in [0.2, 0.25) is 5.91 Å². The lowest BCUT2D eigenvalue weighted by Gasteiger charge is -2.40. The fourth-order valence-corrected chi connectivity index (χ4v) is 8.75. The quantitative estimate of drug-likeness (QED) is 0.0332. The van der Waals surface area contributed by atoms with Crippen LogP contribution in [0.25, 0.3) is 0 Å². The minimum absolute atomic E-state index is 0.132. The monoisotopic (exact) mass is 856 g/mol. The SMILES string of the molecule is CCCCCCCCCCCCCCCCCCCCCCCCCCCCC(O)C(COC1OC(CO)C(O)C(O)C1O)NC(=O)CCCCCCCCCCCCC. The van der Waals surface area contributed by atoms with Gasteiger partial charge in [0.05, 0.1) is 25.4 Å². The van der Waals surface area contributed by atoms with Gasteiger partial charge in [-0.25, -0.2) is 0 Å². The van der Waals surface area contributed by atoms with E-state index < -0.39 is 49.5 Å². The summed E-state index contributed by atoms with van der Waals surface area (Å²) in [6.45, 7) is 3.85. The molecule has 7 unspecified atom stereocenters. The number of rotatable bonds is 45. The highest BCUT2D eigenvalue weighted by Gasteiger charge is 2.44. The molecule has 6 N–H and O–H groups in total. The van der Waals surface area contributed by atoms with E-state index in [9.17, 15) is 30.3 Å². The summed E-state index contributed by atoms with van der Waals surface area (Å²) < 4.78 is 11.3. The number of hydrogen-bond acceptors (Lipinski definition) is 8. The van der Waals surface area contributed by atoms with Crippen LogP contribution in [-0.2, 0) is 14.3 Å². The Labute approximate surface area is 370 Å². The lowest BCUT2D eigenvalue weighted by atomic mass is 9.99. The van der Waals surface area contributed by atoms with Gasteiger partial charge in [0.1, 0.15) is 24.4 Å². The summed E-state index contributed by atoms with van der Waals surface area (Å²) in [4.78, 5) is 13.0. The van der Waals surface area contributed by atoms with Crippen LogP contribution in [0.15, 0.2) is 0 Å². The van der Waals surface area contributed by atoms with Crippen molar-refractivity contribution < 1.29 is 39.8 Å². The molecule has 9 heteroatoms. The van der Waals surface area contributed by atoms with Crippen molar-refractivity contribution in [1.29, 1.82) is 0 Å². The molecule has 1 fully saturated rings. The van der Waals surface area contributed by atoms with Crippen LogP contribution in [0, 0.1) is 0 Å². The molecule has 1 amide bonds. The number of aliphatic hydroxyl groups excluding tert-OH is 5. The maximum Gasteiger partial charge on any atom is 0.220 e. The second kappa shape index (κ2) is 42.2. The first kappa shape index (κ1) is 57.2. The molecule has 0 aromatic carbocycles. The Morgan fingerprint density at radius 1 is 0.500 bits per heavy atom. The molecule has 0 saturated carbocycles. The number of carbonyl (C=O) groups excluding carboxylic acids is 1. The molecule has 60 heavy (non-hydrogen) atoms. The standard InChI is InChI=1S/C51H101NO8/c1-3-5-7-9-11-13-15-16-17-18-19-20-21-22-23-24-25-26-27-28-29-31-32-34-36-38-40-45(54)44(43-59-51-50(58)49(57)48(56)46(42-53)60-51)52-47(55)41-39-37-35-33-30-14-12-10-8-6-4-2/h44-46,48-51,53-54,56-58H,3-43H2,1-2H3,(H,52,55). The number of nitrogens with one attached hydrogen (secondary N) is 1. The van der Waals surface area contributed by atoms with Crippen LogP contribution in [0.4, 0.5) is 0 Å². The smallest absolute Gasteiger partial charge is 0.220 e. The van der Waals surface area contributed by atoms with Gasteiger partial charge in [-0.2, -0.15) is 0 Å². The van der Waals surface area contributed by atoms with Crippen molar-refractivity contribution in [3.8, 4) is 0 Å². The molecule has 358 valence electrons. The number of ether oxygens (including phenoxy) is 2. The first-order valence-corrected chi connectivity index (χ1v) is 26.2. The van der Waals surface area contributed by atoms with E-state index in [1.54, 1.807) is 0 Å². The second-order valence-electron chi connectivity index (χ2n) is 18.7. The molecular formula is C51H101NO8.